The number of carbonyl (C=O) groups is 1. The Kier molecular flexibility index (Phi) is 4.72. The van der Waals surface area contributed by atoms with Gasteiger partial charge in [-0.25, -0.2) is 13.5 Å². The van der Waals surface area contributed by atoms with Crippen molar-refractivity contribution in [1.82, 2.24) is 15.1 Å². The van der Waals surface area contributed by atoms with Crippen LogP contribution < -0.4 is 15.4 Å². The van der Waals surface area contributed by atoms with Crippen molar-refractivity contribution < 1.29 is 18.3 Å². The van der Waals surface area contributed by atoms with Crippen LogP contribution in [0.4, 0.5) is 14.6 Å². The maximum absolute atomic E-state index is 13.5. The molecule has 8 heteroatoms. The van der Waals surface area contributed by atoms with Crippen molar-refractivity contribution in [2.45, 2.75) is 44.3 Å². The molecule has 6 nitrogen and oxygen atoms in total. The fourth-order valence-electron chi connectivity index (χ4n) is 3.56. The third-order valence-corrected chi connectivity index (χ3v) is 5.27. The lowest BCUT2D eigenvalue weighted by Gasteiger charge is -2.32. The van der Waals surface area contributed by atoms with Gasteiger partial charge in [0, 0.05) is 12.6 Å². The van der Waals surface area contributed by atoms with Gasteiger partial charge in [0.05, 0.1) is 13.3 Å². The Morgan fingerprint density at radius 1 is 1.37 bits per heavy atom. The summed E-state index contributed by atoms with van der Waals surface area (Å²) in [6.45, 7) is 0.331. The lowest BCUT2D eigenvalue weighted by atomic mass is 10.00. The number of rotatable bonds is 6. The number of amides is 1. The molecule has 1 aliphatic carbocycles. The first-order chi connectivity index (χ1) is 13.1. The van der Waals surface area contributed by atoms with Gasteiger partial charge in [0.25, 0.3) is 12.3 Å². The van der Waals surface area contributed by atoms with Crippen LogP contribution in [0.2, 0.25) is 0 Å². The Morgan fingerprint density at radius 3 is 2.74 bits per heavy atom. The van der Waals surface area contributed by atoms with Crippen molar-refractivity contribution in [2.24, 2.45) is 5.92 Å². The van der Waals surface area contributed by atoms with Gasteiger partial charge in [-0.2, -0.15) is 5.10 Å². The first kappa shape index (κ1) is 17.8. The molecule has 0 radical (unpaired) electrons. The van der Waals surface area contributed by atoms with Crippen molar-refractivity contribution in [3.8, 4) is 5.75 Å². The SMILES string of the molecule is COc1ccc(CNC(=O)c2cnn3c2N[C@@H](C2CC2)C[C@H]3C(F)F)cc1. The topological polar surface area (TPSA) is 68.2 Å². The van der Waals surface area contributed by atoms with Gasteiger partial charge in [-0.1, -0.05) is 12.1 Å². The summed E-state index contributed by atoms with van der Waals surface area (Å²) in [5, 5.41) is 10.2. The van der Waals surface area contributed by atoms with Crippen molar-refractivity contribution in [3.05, 3.63) is 41.6 Å². The minimum Gasteiger partial charge on any atom is -0.497 e. The molecule has 1 saturated carbocycles. The zero-order chi connectivity index (χ0) is 19.0. The van der Waals surface area contributed by atoms with Crippen LogP contribution in [-0.2, 0) is 6.54 Å². The van der Waals surface area contributed by atoms with Gasteiger partial charge in [0.2, 0.25) is 0 Å². The van der Waals surface area contributed by atoms with Crippen LogP contribution >= 0.6 is 0 Å². The van der Waals surface area contributed by atoms with Crippen molar-refractivity contribution in [2.75, 3.05) is 12.4 Å². The molecular weight excluding hydrogens is 354 g/mol. The van der Waals surface area contributed by atoms with Crippen molar-refractivity contribution in [3.63, 3.8) is 0 Å². The molecule has 0 bridgehead atoms. The smallest absolute Gasteiger partial charge is 0.260 e. The quantitative estimate of drug-likeness (QED) is 0.812. The van der Waals surface area contributed by atoms with Gasteiger partial charge in [0.15, 0.2) is 0 Å². The average Bonchev–Trinajstić information content (AvgIpc) is 3.45. The second-order valence-electron chi connectivity index (χ2n) is 7.11. The van der Waals surface area contributed by atoms with Gasteiger partial charge in [-0.15, -0.1) is 0 Å². The van der Waals surface area contributed by atoms with E-state index in [-0.39, 0.29) is 11.9 Å². The van der Waals surface area contributed by atoms with Gasteiger partial charge < -0.3 is 15.4 Å². The first-order valence-corrected chi connectivity index (χ1v) is 9.10. The number of hydrogen-bond acceptors (Lipinski definition) is 4. The molecule has 1 amide bonds. The number of alkyl halides is 2. The molecule has 0 spiro atoms. The zero-order valence-electron chi connectivity index (χ0n) is 15.0. The lowest BCUT2D eigenvalue weighted by Crippen LogP contribution is -2.37. The van der Waals surface area contributed by atoms with E-state index in [0.717, 1.165) is 24.2 Å². The van der Waals surface area contributed by atoms with Gasteiger partial charge in [0.1, 0.15) is 23.2 Å². The van der Waals surface area contributed by atoms with Crippen molar-refractivity contribution >= 4 is 11.7 Å². The summed E-state index contributed by atoms with van der Waals surface area (Å²) in [5.74, 6) is 1.22. The molecule has 1 aromatic heterocycles. The minimum absolute atomic E-state index is 0.0265. The summed E-state index contributed by atoms with van der Waals surface area (Å²) in [6, 6.07) is 6.34. The highest BCUT2D eigenvalue weighted by atomic mass is 19.3. The molecule has 1 aromatic carbocycles. The lowest BCUT2D eigenvalue weighted by molar-refractivity contribution is 0.0644. The largest absolute Gasteiger partial charge is 0.497 e. The third kappa shape index (κ3) is 3.61. The van der Waals surface area contributed by atoms with E-state index in [1.165, 1.54) is 10.9 Å². The van der Waals surface area contributed by atoms with E-state index in [1.807, 2.05) is 24.3 Å². The number of anilines is 1. The van der Waals surface area contributed by atoms with Crippen LogP contribution in [-0.4, -0.2) is 35.3 Å². The molecule has 1 fully saturated rings. The molecule has 0 unspecified atom stereocenters. The molecule has 0 saturated heterocycles. The van der Waals surface area contributed by atoms with Crippen LogP contribution in [0.5, 0.6) is 5.75 Å². The van der Waals surface area contributed by atoms with Crippen LogP contribution in [0.3, 0.4) is 0 Å². The number of benzene rings is 1. The number of nitrogens with one attached hydrogen (secondary N) is 2. The third-order valence-electron chi connectivity index (χ3n) is 5.27. The van der Waals surface area contributed by atoms with E-state index in [0.29, 0.717) is 30.3 Å². The van der Waals surface area contributed by atoms with E-state index in [2.05, 4.69) is 15.7 Å². The highest BCUT2D eigenvalue weighted by molar-refractivity contribution is 5.98. The maximum atomic E-state index is 13.5. The first-order valence-electron chi connectivity index (χ1n) is 9.10. The van der Waals surface area contributed by atoms with E-state index >= 15 is 0 Å². The molecule has 2 atom stereocenters. The number of methoxy groups -OCH3 is 1. The molecule has 27 heavy (non-hydrogen) atoms. The van der Waals surface area contributed by atoms with E-state index in [1.54, 1.807) is 7.11 Å². The Labute approximate surface area is 155 Å². The minimum atomic E-state index is -2.51. The number of fused-ring (bicyclic) bond motifs is 1. The van der Waals surface area contributed by atoms with Crippen molar-refractivity contribution in [1.29, 1.82) is 0 Å². The fraction of sp³-hybridized carbons (Fsp3) is 0.474. The van der Waals surface area contributed by atoms with Crippen LogP contribution in [0.15, 0.2) is 30.5 Å². The van der Waals surface area contributed by atoms with Gasteiger partial charge in [-0.05, 0) is 42.9 Å². The van der Waals surface area contributed by atoms with Gasteiger partial charge >= 0.3 is 0 Å². The molecular formula is C19H22F2N4O2. The molecule has 2 aromatic rings. The highest BCUT2D eigenvalue weighted by Gasteiger charge is 2.41. The summed E-state index contributed by atoms with van der Waals surface area (Å²) in [5.41, 5.74) is 1.22. The predicted octanol–water partition coefficient (Wildman–Crippen LogP) is 3.22. The molecule has 2 N–H and O–H groups in total. The number of halogens is 2. The van der Waals surface area contributed by atoms with E-state index in [9.17, 15) is 13.6 Å². The van der Waals surface area contributed by atoms with Crippen LogP contribution in [0.25, 0.3) is 0 Å². The zero-order valence-corrected chi connectivity index (χ0v) is 15.0. The number of hydrogen-bond donors (Lipinski definition) is 2. The summed E-state index contributed by atoms with van der Waals surface area (Å²) in [4.78, 5) is 12.6. The number of carbonyl (C=O) groups excluding carboxylic acids is 1. The Balaban J connectivity index is 1.49. The number of nitrogens with zero attached hydrogens (tertiary/aromatic N) is 2. The molecule has 4 rings (SSSR count). The number of ether oxygens (including phenoxy) is 1. The average molecular weight is 376 g/mol. The normalized spacial score (nSPS) is 21.5. The van der Waals surface area contributed by atoms with Crippen LogP contribution in [0.1, 0.15) is 41.2 Å². The van der Waals surface area contributed by atoms with E-state index < -0.39 is 12.5 Å². The summed E-state index contributed by atoms with van der Waals surface area (Å²) in [7, 11) is 1.59. The summed E-state index contributed by atoms with van der Waals surface area (Å²) in [6.07, 6.45) is 1.28. The summed E-state index contributed by atoms with van der Waals surface area (Å²) >= 11 is 0. The molecule has 144 valence electrons. The maximum Gasteiger partial charge on any atom is 0.260 e. The predicted molar refractivity (Wildman–Crippen MR) is 96.2 cm³/mol. The van der Waals surface area contributed by atoms with E-state index in [4.69, 9.17) is 4.74 Å². The Morgan fingerprint density at radius 2 is 2.11 bits per heavy atom. The Bertz CT molecular complexity index is 818. The summed E-state index contributed by atoms with van der Waals surface area (Å²) < 4.78 is 33.4. The Hall–Kier alpha value is -2.64. The van der Waals surface area contributed by atoms with Gasteiger partial charge in [-0.3, -0.25) is 4.79 Å². The molecule has 2 heterocycles. The monoisotopic (exact) mass is 376 g/mol. The fourth-order valence-corrected chi connectivity index (χ4v) is 3.56. The van der Waals surface area contributed by atoms with Crippen LogP contribution in [0, 0.1) is 5.92 Å². The highest BCUT2D eigenvalue weighted by Crippen LogP contribution is 2.42. The standard InChI is InChI=1S/C19H22F2N4O2/c1-27-13-6-2-11(3-7-13)9-22-19(26)14-10-23-25-16(17(20)21)8-15(12-4-5-12)24-18(14)25/h2-3,6-7,10,12,15-17,24H,4-5,8-9H2,1H3,(H,22,26)/t15-,16+/m1/s1. The second-order valence-corrected chi connectivity index (χ2v) is 7.11. The second kappa shape index (κ2) is 7.17. The molecule has 2 aliphatic rings. The number of aromatic nitrogens is 2. The molecule has 1 aliphatic heterocycles.